The van der Waals surface area contributed by atoms with Crippen LogP contribution in [0.1, 0.15) is 43.2 Å². The lowest BCUT2D eigenvalue weighted by molar-refractivity contribution is -0.116. The highest BCUT2D eigenvalue weighted by atomic mass is 32.2. The van der Waals surface area contributed by atoms with E-state index in [1.807, 2.05) is 18.2 Å². The van der Waals surface area contributed by atoms with Crippen molar-refractivity contribution in [2.75, 3.05) is 12.4 Å². The molecule has 5 nitrogen and oxygen atoms in total. The molecule has 0 aromatic heterocycles. The Bertz CT molecular complexity index is 624. The van der Waals surface area contributed by atoms with Gasteiger partial charge in [0.05, 0.1) is 18.6 Å². The van der Waals surface area contributed by atoms with Crippen LogP contribution in [0, 0.1) is 5.92 Å². The second kappa shape index (κ2) is 8.99. The Hall–Kier alpha value is -1.66. The van der Waals surface area contributed by atoms with E-state index in [9.17, 15) is 4.79 Å². The molecule has 0 spiro atoms. The Kier molecular flexibility index (Phi) is 6.43. The van der Waals surface area contributed by atoms with Crippen LogP contribution in [0.5, 0.6) is 0 Å². The van der Waals surface area contributed by atoms with E-state index in [2.05, 4.69) is 21.6 Å². The van der Waals surface area contributed by atoms with E-state index < -0.39 is 0 Å². The lowest BCUT2D eigenvalue weighted by atomic mass is 9.90. The van der Waals surface area contributed by atoms with Crippen LogP contribution >= 0.6 is 11.8 Å². The highest BCUT2D eigenvalue weighted by molar-refractivity contribution is 8.15. The molecule has 0 radical (unpaired) electrons. The lowest BCUT2D eigenvalue weighted by Crippen LogP contribution is -2.19. The molecule has 1 aromatic rings. The number of rotatable bonds is 6. The summed E-state index contributed by atoms with van der Waals surface area (Å²) in [6.45, 7) is 1.44. The Morgan fingerprint density at radius 1 is 1.25 bits per heavy atom. The van der Waals surface area contributed by atoms with Crippen LogP contribution in [0.4, 0.5) is 0 Å². The van der Waals surface area contributed by atoms with E-state index in [0.717, 1.165) is 17.7 Å². The molecule has 24 heavy (non-hydrogen) atoms. The third-order valence-electron chi connectivity index (χ3n) is 4.32. The summed E-state index contributed by atoms with van der Waals surface area (Å²) >= 11 is 1.37. The van der Waals surface area contributed by atoms with Crippen LogP contribution in [0.2, 0.25) is 0 Å². The van der Waals surface area contributed by atoms with Crippen LogP contribution in [0.3, 0.4) is 0 Å². The molecule has 0 unspecified atom stereocenters. The molecule has 1 aliphatic carbocycles. The van der Waals surface area contributed by atoms with E-state index in [-0.39, 0.29) is 5.91 Å². The van der Waals surface area contributed by atoms with Gasteiger partial charge in [-0.1, -0.05) is 55.3 Å². The quantitative estimate of drug-likeness (QED) is 0.635. The molecule has 1 heterocycles. The number of amidine groups is 1. The van der Waals surface area contributed by atoms with Gasteiger partial charge in [-0.15, -0.1) is 5.10 Å². The molecule has 1 aromatic carbocycles. The largest absolute Gasteiger partial charge is 0.376 e. The summed E-state index contributed by atoms with van der Waals surface area (Å²) in [6.07, 6.45) is 8.36. The van der Waals surface area contributed by atoms with Gasteiger partial charge in [0.25, 0.3) is 0 Å². The zero-order valence-corrected chi connectivity index (χ0v) is 14.6. The van der Waals surface area contributed by atoms with Crippen molar-refractivity contribution in [3.8, 4) is 0 Å². The van der Waals surface area contributed by atoms with Gasteiger partial charge in [0.1, 0.15) is 0 Å². The van der Waals surface area contributed by atoms with Crippen molar-refractivity contribution in [3.05, 3.63) is 35.4 Å². The van der Waals surface area contributed by atoms with Gasteiger partial charge in [0.15, 0.2) is 5.17 Å². The first-order valence-corrected chi connectivity index (χ1v) is 9.49. The van der Waals surface area contributed by atoms with Crippen molar-refractivity contribution in [1.29, 1.82) is 0 Å². The summed E-state index contributed by atoms with van der Waals surface area (Å²) in [7, 11) is 0. The number of carbonyl (C=O) groups excluding carboxylic acids is 1. The van der Waals surface area contributed by atoms with Gasteiger partial charge in [0, 0.05) is 12.2 Å². The number of amides is 1. The molecule has 1 aliphatic heterocycles. The normalized spacial score (nSPS) is 20.8. The Balaban J connectivity index is 1.53. The minimum Gasteiger partial charge on any atom is -0.376 e. The van der Waals surface area contributed by atoms with Crippen LogP contribution in [0.25, 0.3) is 0 Å². The van der Waals surface area contributed by atoms with Crippen LogP contribution in [-0.4, -0.2) is 29.6 Å². The van der Waals surface area contributed by atoms with Crippen molar-refractivity contribution >= 4 is 29.1 Å². The monoisotopic (exact) mass is 345 g/mol. The SMILES string of the molecule is O=C1CSC(=NN=Cc2ccccc2COCC2CCCCC2)N1. The van der Waals surface area contributed by atoms with Gasteiger partial charge < -0.3 is 10.1 Å². The van der Waals surface area contributed by atoms with Crippen LogP contribution in [0.15, 0.2) is 34.5 Å². The summed E-state index contributed by atoms with van der Waals surface area (Å²) < 4.78 is 5.94. The van der Waals surface area contributed by atoms with Gasteiger partial charge in [-0.25, -0.2) is 0 Å². The number of carbonyl (C=O) groups is 1. The van der Waals surface area contributed by atoms with E-state index in [0.29, 0.717) is 23.4 Å². The van der Waals surface area contributed by atoms with Gasteiger partial charge in [-0.05, 0) is 24.3 Å². The second-order valence-electron chi connectivity index (χ2n) is 6.20. The highest BCUT2D eigenvalue weighted by Crippen LogP contribution is 2.24. The summed E-state index contributed by atoms with van der Waals surface area (Å²) in [6, 6.07) is 8.05. The fourth-order valence-electron chi connectivity index (χ4n) is 3.00. The Morgan fingerprint density at radius 2 is 2.08 bits per heavy atom. The smallest absolute Gasteiger partial charge is 0.236 e. The predicted octanol–water partition coefficient (Wildman–Crippen LogP) is 3.34. The van der Waals surface area contributed by atoms with Crippen LogP contribution < -0.4 is 5.32 Å². The van der Waals surface area contributed by atoms with E-state index >= 15 is 0 Å². The Morgan fingerprint density at radius 3 is 2.88 bits per heavy atom. The zero-order chi connectivity index (χ0) is 16.6. The summed E-state index contributed by atoms with van der Waals surface area (Å²) in [4.78, 5) is 11.1. The maximum absolute atomic E-state index is 11.1. The van der Waals surface area contributed by atoms with Gasteiger partial charge in [0.2, 0.25) is 5.91 Å². The third-order valence-corrected chi connectivity index (χ3v) is 5.19. The number of nitrogens with zero attached hydrogens (tertiary/aromatic N) is 2. The molecule has 1 N–H and O–H groups in total. The average molecular weight is 345 g/mol. The molecule has 2 fully saturated rings. The van der Waals surface area contributed by atoms with Crippen LogP contribution in [-0.2, 0) is 16.1 Å². The summed E-state index contributed by atoms with van der Waals surface area (Å²) in [5.74, 6) is 1.11. The minimum absolute atomic E-state index is 0.0227. The van der Waals surface area contributed by atoms with Gasteiger partial charge in [-0.3, -0.25) is 4.79 Å². The first-order valence-electron chi connectivity index (χ1n) is 8.50. The zero-order valence-electron chi connectivity index (χ0n) is 13.7. The molecule has 3 rings (SSSR count). The molecular weight excluding hydrogens is 322 g/mol. The standard InChI is InChI=1S/C18H23N3O2S/c22-17-13-24-18(20-17)21-19-10-15-8-4-5-9-16(15)12-23-11-14-6-2-1-3-7-14/h4-5,8-10,14H,1-3,6-7,11-13H2,(H,20,21,22). The fourth-order valence-corrected chi connectivity index (χ4v) is 3.63. The van der Waals surface area contributed by atoms with Crippen molar-refractivity contribution in [2.24, 2.45) is 16.1 Å². The lowest BCUT2D eigenvalue weighted by Gasteiger charge is -2.21. The maximum atomic E-state index is 11.1. The van der Waals surface area contributed by atoms with Crippen molar-refractivity contribution in [3.63, 3.8) is 0 Å². The number of nitrogens with one attached hydrogen (secondary N) is 1. The molecule has 6 heteroatoms. The predicted molar refractivity (Wildman–Crippen MR) is 98.3 cm³/mol. The van der Waals surface area contributed by atoms with E-state index in [1.54, 1.807) is 6.21 Å². The minimum atomic E-state index is -0.0227. The topological polar surface area (TPSA) is 63.0 Å². The van der Waals surface area contributed by atoms with Gasteiger partial charge in [-0.2, -0.15) is 5.10 Å². The van der Waals surface area contributed by atoms with E-state index in [1.165, 1.54) is 43.9 Å². The number of hydrogen-bond donors (Lipinski definition) is 1. The molecule has 0 bridgehead atoms. The maximum Gasteiger partial charge on any atom is 0.236 e. The molecule has 2 aliphatic rings. The summed E-state index contributed by atoms with van der Waals surface area (Å²) in [5.41, 5.74) is 2.11. The molecule has 0 atom stereocenters. The van der Waals surface area contributed by atoms with E-state index in [4.69, 9.17) is 4.74 Å². The third kappa shape index (κ3) is 5.18. The molecule has 1 amide bonds. The highest BCUT2D eigenvalue weighted by Gasteiger charge is 2.16. The number of thioether (sulfide) groups is 1. The van der Waals surface area contributed by atoms with Crippen molar-refractivity contribution in [1.82, 2.24) is 5.32 Å². The van der Waals surface area contributed by atoms with Crippen molar-refractivity contribution < 1.29 is 9.53 Å². The first-order chi connectivity index (χ1) is 11.8. The first kappa shape index (κ1) is 17.2. The molecular formula is C18H23N3O2S. The van der Waals surface area contributed by atoms with Gasteiger partial charge >= 0.3 is 0 Å². The fraction of sp³-hybridized carbons (Fsp3) is 0.500. The molecule has 1 saturated carbocycles. The second-order valence-corrected chi connectivity index (χ2v) is 7.17. The molecule has 128 valence electrons. The average Bonchev–Trinajstić information content (AvgIpc) is 3.02. The number of benzene rings is 1. The Labute approximate surface area is 147 Å². The van der Waals surface area contributed by atoms with Crippen molar-refractivity contribution in [2.45, 2.75) is 38.7 Å². The number of ether oxygens (including phenoxy) is 1. The molecule has 1 saturated heterocycles. The summed E-state index contributed by atoms with van der Waals surface area (Å²) in [5, 5.41) is 11.3. The number of hydrogen-bond acceptors (Lipinski definition) is 5.